The summed E-state index contributed by atoms with van der Waals surface area (Å²) in [5.41, 5.74) is 3.12. The van der Waals surface area contributed by atoms with E-state index in [2.05, 4.69) is 5.32 Å². The molecule has 5 nitrogen and oxygen atoms in total. The number of alkyl carbamates (subject to hydrolysis) is 1. The maximum atomic E-state index is 12.9. The van der Waals surface area contributed by atoms with E-state index in [-0.39, 0.29) is 18.4 Å². The fraction of sp³-hybridized carbons (Fsp3) is 0.364. The summed E-state index contributed by atoms with van der Waals surface area (Å²) in [5, 5.41) is 2.72. The smallest absolute Gasteiger partial charge is 0.408 e. The van der Waals surface area contributed by atoms with Gasteiger partial charge in [0.25, 0.3) is 0 Å². The third kappa shape index (κ3) is 6.13. The number of aryl methyl sites for hydroxylation is 1. The minimum atomic E-state index is -0.637. The van der Waals surface area contributed by atoms with Crippen LogP contribution < -0.4 is 5.32 Å². The van der Waals surface area contributed by atoms with Crippen molar-refractivity contribution in [3.8, 4) is 0 Å². The topological polar surface area (TPSA) is 58.6 Å². The van der Waals surface area contributed by atoms with Crippen LogP contribution in [0.4, 0.5) is 4.79 Å². The number of nitrogens with zero attached hydrogens (tertiary/aromatic N) is 1. The molecule has 144 valence electrons. The van der Waals surface area contributed by atoms with Crippen molar-refractivity contribution in [1.82, 2.24) is 10.2 Å². The van der Waals surface area contributed by atoms with Gasteiger partial charge >= 0.3 is 6.09 Å². The molecule has 0 radical (unpaired) electrons. The summed E-state index contributed by atoms with van der Waals surface area (Å²) in [6.07, 6.45) is -0.588. The van der Waals surface area contributed by atoms with Crippen molar-refractivity contribution in [2.24, 2.45) is 5.92 Å². The first-order valence-electron chi connectivity index (χ1n) is 9.15. The number of carbonyl (C=O) groups excluding carboxylic acids is 2. The number of likely N-dealkylation sites (N-methyl/N-ethyl adjacent to an activating group) is 1. The molecule has 2 amide bonds. The second-order valence-electron chi connectivity index (χ2n) is 7.05. The second-order valence-corrected chi connectivity index (χ2v) is 7.05. The molecule has 0 fully saturated rings. The summed E-state index contributed by atoms with van der Waals surface area (Å²) in [7, 11) is 1.75. The average Bonchev–Trinajstić information content (AvgIpc) is 2.66. The molecule has 27 heavy (non-hydrogen) atoms. The fourth-order valence-electron chi connectivity index (χ4n) is 2.76. The first-order chi connectivity index (χ1) is 12.9. The van der Waals surface area contributed by atoms with Crippen molar-refractivity contribution in [2.75, 3.05) is 7.05 Å². The van der Waals surface area contributed by atoms with Gasteiger partial charge in [-0.2, -0.15) is 0 Å². The molecule has 2 rings (SSSR count). The maximum absolute atomic E-state index is 12.9. The van der Waals surface area contributed by atoms with Crippen LogP contribution in [0.2, 0.25) is 0 Å². The third-order valence-corrected chi connectivity index (χ3v) is 4.46. The van der Waals surface area contributed by atoms with Crippen LogP contribution >= 0.6 is 0 Å². The van der Waals surface area contributed by atoms with E-state index in [1.54, 1.807) is 11.9 Å². The van der Waals surface area contributed by atoms with E-state index in [0.29, 0.717) is 6.54 Å². The van der Waals surface area contributed by atoms with Crippen LogP contribution in [0.25, 0.3) is 0 Å². The van der Waals surface area contributed by atoms with Gasteiger partial charge in [-0.15, -0.1) is 0 Å². The Bertz CT molecular complexity index is 759. The first-order valence-corrected chi connectivity index (χ1v) is 9.15. The average molecular weight is 368 g/mol. The van der Waals surface area contributed by atoms with Crippen molar-refractivity contribution in [2.45, 2.75) is 40.0 Å². The Labute approximate surface area is 161 Å². The predicted molar refractivity (Wildman–Crippen MR) is 106 cm³/mol. The predicted octanol–water partition coefficient (Wildman–Crippen LogP) is 3.90. The van der Waals surface area contributed by atoms with Gasteiger partial charge in [0.15, 0.2) is 0 Å². The number of hydrogen-bond acceptors (Lipinski definition) is 3. The summed E-state index contributed by atoms with van der Waals surface area (Å²) in [6, 6.07) is 16.8. The van der Waals surface area contributed by atoms with E-state index in [1.807, 2.05) is 75.4 Å². The molecule has 0 saturated carbocycles. The van der Waals surface area contributed by atoms with Crippen LogP contribution in [0.1, 0.15) is 30.5 Å². The SMILES string of the molecule is Cc1ccccc1CN(C)C(=O)C(NC(=O)OCc1ccccc1)C(C)C. The second kappa shape index (κ2) is 9.76. The molecule has 1 atom stereocenters. The van der Waals surface area contributed by atoms with Crippen molar-refractivity contribution in [1.29, 1.82) is 0 Å². The number of hydrogen-bond donors (Lipinski definition) is 1. The number of benzene rings is 2. The summed E-state index contributed by atoms with van der Waals surface area (Å²) < 4.78 is 5.26. The van der Waals surface area contributed by atoms with Crippen LogP contribution in [0, 0.1) is 12.8 Å². The summed E-state index contributed by atoms with van der Waals surface area (Å²) >= 11 is 0. The van der Waals surface area contributed by atoms with Gasteiger partial charge in [-0.3, -0.25) is 4.79 Å². The lowest BCUT2D eigenvalue weighted by molar-refractivity contribution is -0.133. The zero-order valence-corrected chi connectivity index (χ0v) is 16.4. The van der Waals surface area contributed by atoms with Crippen LogP contribution in [0.3, 0.4) is 0 Å². The molecule has 0 saturated heterocycles. The quantitative estimate of drug-likeness (QED) is 0.806. The Morgan fingerprint density at radius 3 is 2.30 bits per heavy atom. The van der Waals surface area contributed by atoms with Crippen LogP contribution in [-0.2, 0) is 22.7 Å². The van der Waals surface area contributed by atoms with Gasteiger partial charge in [0, 0.05) is 13.6 Å². The third-order valence-electron chi connectivity index (χ3n) is 4.46. The molecule has 1 unspecified atom stereocenters. The van der Waals surface area contributed by atoms with Crippen molar-refractivity contribution in [3.63, 3.8) is 0 Å². The zero-order chi connectivity index (χ0) is 19.8. The largest absolute Gasteiger partial charge is 0.445 e. The lowest BCUT2D eigenvalue weighted by Crippen LogP contribution is -2.50. The normalized spacial score (nSPS) is 11.7. The van der Waals surface area contributed by atoms with Crippen LogP contribution in [0.15, 0.2) is 54.6 Å². The Morgan fingerprint density at radius 1 is 1.04 bits per heavy atom. The van der Waals surface area contributed by atoms with E-state index in [9.17, 15) is 9.59 Å². The number of rotatable bonds is 7. The standard InChI is InChI=1S/C22H28N2O3/c1-16(2)20(23-22(26)27-15-18-11-6-5-7-12-18)21(25)24(4)14-19-13-9-8-10-17(19)3/h5-13,16,20H,14-15H2,1-4H3,(H,23,26). The van der Waals surface area contributed by atoms with Crippen LogP contribution in [0.5, 0.6) is 0 Å². The highest BCUT2D eigenvalue weighted by Crippen LogP contribution is 2.13. The summed E-state index contributed by atoms with van der Waals surface area (Å²) in [5.74, 6) is -0.189. The molecule has 0 bridgehead atoms. The van der Waals surface area contributed by atoms with E-state index < -0.39 is 12.1 Å². The van der Waals surface area contributed by atoms with E-state index in [4.69, 9.17) is 4.74 Å². The minimum Gasteiger partial charge on any atom is -0.445 e. The molecule has 0 aliphatic heterocycles. The Kier molecular flexibility index (Phi) is 7.41. The maximum Gasteiger partial charge on any atom is 0.408 e. The lowest BCUT2D eigenvalue weighted by atomic mass is 10.0. The molecule has 2 aromatic carbocycles. The first kappa shape index (κ1) is 20.5. The number of nitrogens with one attached hydrogen (secondary N) is 1. The number of carbonyl (C=O) groups is 2. The molecule has 0 heterocycles. The molecule has 0 aliphatic carbocycles. The molecule has 0 aliphatic rings. The van der Waals surface area contributed by atoms with Gasteiger partial charge in [-0.25, -0.2) is 4.79 Å². The van der Waals surface area contributed by atoms with Gasteiger partial charge in [-0.05, 0) is 29.5 Å². The molecule has 2 aromatic rings. The number of amides is 2. The zero-order valence-electron chi connectivity index (χ0n) is 16.4. The van der Waals surface area contributed by atoms with Crippen molar-refractivity contribution < 1.29 is 14.3 Å². The minimum absolute atomic E-state index is 0.0545. The van der Waals surface area contributed by atoms with Gasteiger partial charge in [0.05, 0.1) is 0 Å². The highest BCUT2D eigenvalue weighted by atomic mass is 16.5. The van der Waals surface area contributed by atoms with Gasteiger partial charge < -0.3 is 15.0 Å². The number of ether oxygens (including phenoxy) is 1. The monoisotopic (exact) mass is 368 g/mol. The summed E-state index contributed by atoms with van der Waals surface area (Å²) in [4.78, 5) is 26.7. The Morgan fingerprint density at radius 2 is 1.67 bits per heavy atom. The van der Waals surface area contributed by atoms with Crippen molar-refractivity contribution >= 4 is 12.0 Å². The molecular formula is C22H28N2O3. The highest BCUT2D eigenvalue weighted by Gasteiger charge is 2.27. The molecule has 0 aromatic heterocycles. The molecular weight excluding hydrogens is 340 g/mol. The van der Waals surface area contributed by atoms with E-state index in [1.165, 1.54) is 0 Å². The van der Waals surface area contributed by atoms with Crippen LogP contribution in [-0.4, -0.2) is 30.0 Å². The van der Waals surface area contributed by atoms with E-state index in [0.717, 1.165) is 16.7 Å². The van der Waals surface area contributed by atoms with Gasteiger partial charge in [0.2, 0.25) is 5.91 Å². The Hall–Kier alpha value is -2.82. The fourth-order valence-corrected chi connectivity index (χ4v) is 2.76. The summed E-state index contributed by atoms with van der Waals surface area (Å²) in [6.45, 7) is 6.50. The van der Waals surface area contributed by atoms with E-state index >= 15 is 0 Å². The van der Waals surface area contributed by atoms with Crippen molar-refractivity contribution in [3.05, 3.63) is 71.3 Å². The molecule has 5 heteroatoms. The molecule has 0 spiro atoms. The molecule has 1 N–H and O–H groups in total. The van der Waals surface area contributed by atoms with Gasteiger partial charge in [0.1, 0.15) is 12.6 Å². The lowest BCUT2D eigenvalue weighted by Gasteiger charge is -2.27. The Balaban J connectivity index is 1.95. The van der Waals surface area contributed by atoms with Gasteiger partial charge in [-0.1, -0.05) is 68.4 Å². The highest BCUT2D eigenvalue weighted by molar-refractivity contribution is 5.85.